The van der Waals surface area contributed by atoms with Gasteiger partial charge in [-0.1, -0.05) is 54.4 Å². The van der Waals surface area contributed by atoms with Crippen LogP contribution >= 0.6 is 23.2 Å². The summed E-state index contributed by atoms with van der Waals surface area (Å²) in [5.41, 5.74) is 3.33. The summed E-state index contributed by atoms with van der Waals surface area (Å²) < 4.78 is 11.6. The number of ether oxygens (including phenoxy) is 2. The molecule has 0 atom stereocenters. The molecule has 0 aromatic heterocycles. The van der Waals surface area contributed by atoms with Gasteiger partial charge >= 0.3 is 5.97 Å². The van der Waals surface area contributed by atoms with E-state index in [9.17, 15) is 4.79 Å². The highest BCUT2D eigenvalue weighted by molar-refractivity contribution is 6.34. The monoisotopic (exact) mass is 398 g/mol. The van der Waals surface area contributed by atoms with Crippen molar-refractivity contribution in [3.63, 3.8) is 0 Å². The summed E-state index contributed by atoms with van der Waals surface area (Å²) in [5, 5.41) is 0.821. The molecular formula is C22H16Cl2O3. The molecule has 0 amide bonds. The molecule has 0 saturated carbocycles. The predicted octanol–water partition coefficient (Wildman–Crippen LogP) is 6.47. The summed E-state index contributed by atoms with van der Waals surface area (Å²) in [5.74, 6) is 1.37. The summed E-state index contributed by atoms with van der Waals surface area (Å²) in [4.78, 5) is 13.0. The Morgan fingerprint density at radius 2 is 1.78 bits per heavy atom. The molecule has 0 saturated heterocycles. The first-order valence-electron chi connectivity index (χ1n) is 8.64. The first-order chi connectivity index (χ1) is 13.0. The summed E-state index contributed by atoms with van der Waals surface area (Å²) in [7, 11) is 0. The maximum atomic E-state index is 13.0. The van der Waals surface area contributed by atoms with Gasteiger partial charge in [0.1, 0.15) is 17.2 Å². The van der Waals surface area contributed by atoms with Crippen LogP contribution in [0.25, 0.3) is 0 Å². The van der Waals surface area contributed by atoms with Gasteiger partial charge < -0.3 is 9.47 Å². The third kappa shape index (κ3) is 3.53. The molecule has 1 aliphatic rings. The zero-order chi connectivity index (χ0) is 19.0. The molecule has 5 heteroatoms. The number of esters is 1. The number of halogens is 2. The van der Waals surface area contributed by atoms with Gasteiger partial charge in [0.05, 0.1) is 5.56 Å². The van der Waals surface area contributed by atoms with Crippen LogP contribution in [0, 0.1) is 0 Å². The summed E-state index contributed by atoms with van der Waals surface area (Å²) in [6.45, 7) is 2.01. The molecule has 0 unspecified atom stereocenters. The molecule has 0 N–H and O–H groups in total. The second-order valence-corrected chi connectivity index (χ2v) is 7.18. The minimum Gasteiger partial charge on any atom is -0.457 e. The van der Waals surface area contributed by atoms with E-state index in [1.54, 1.807) is 18.2 Å². The Morgan fingerprint density at radius 3 is 2.52 bits per heavy atom. The van der Waals surface area contributed by atoms with Crippen LogP contribution in [0.1, 0.15) is 34.0 Å². The first kappa shape index (κ1) is 17.9. The average Bonchev–Trinajstić information content (AvgIpc) is 2.64. The highest BCUT2D eigenvalue weighted by Gasteiger charge is 2.26. The predicted molar refractivity (Wildman–Crippen MR) is 107 cm³/mol. The Morgan fingerprint density at radius 1 is 1.04 bits per heavy atom. The van der Waals surface area contributed by atoms with Gasteiger partial charge in [-0.05, 0) is 47.9 Å². The highest BCUT2D eigenvalue weighted by Crippen LogP contribution is 2.39. The number of carbonyl (C=O) groups is 1. The van der Waals surface area contributed by atoms with Gasteiger partial charge in [0.25, 0.3) is 0 Å². The van der Waals surface area contributed by atoms with E-state index in [1.165, 1.54) is 0 Å². The second kappa shape index (κ2) is 7.26. The summed E-state index contributed by atoms with van der Waals surface area (Å²) in [6, 6.07) is 16.4. The van der Waals surface area contributed by atoms with Crippen molar-refractivity contribution in [2.45, 2.75) is 19.8 Å². The van der Waals surface area contributed by atoms with Crippen molar-refractivity contribution in [3.05, 3.63) is 86.9 Å². The lowest BCUT2D eigenvalue weighted by Crippen LogP contribution is -2.17. The number of hydrogen-bond donors (Lipinski definition) is 0. The van der Waals surface area contributed by atoms with Gasteiger partial charge in [-0.3, -0.25) is 0 Å². The number of para-hydroxylation sites is 1. The Hall–Kier alpha value is -2.49. The van der Waals surface area contributed by atoms with Crippen molar-refractivity contribution in [3.8, 4) is 17.2 Å². The Bertz CT molecular complexity index is 1020. The van der Waals surface area contributed by atoms with Crippen LogP contribution in [-0.4, -0.2) is 5.97 Å². The topological polar surface area (TPSA) is 35.5 Å². The van der Waals surface area contributed by atoms with E-state index >= 15 is 0 Å². The van der Waals surface area contributed by atoms with Gasteiger partial charge in [0, 0.05) is 22.0 Å². The molecule has 0 bridgehead atoms. The van der Waals surface area contributed by atoms with E-state index in [4.69, 9.17) is 32.7 Å². The molecule has 0 aliphatic carbocycles. The molecule has 0 fully saturated rings. The molecule has 3 nitrogen and oxygen atoms in total. The fraction of sp³-hybridized carbons (Fsp3) is 0.136. The molecule has 4 rings (SSSR count). The van der Waals surface area contributed by atoms with Gasteiger partial charge in [-0.2, -0.15) is 0 Å². The lowest BCUT2D eigenvalue weighted by molar-refractivity contribution is 0.0732. The van der Waals surface area contributed by atoms with Crippen molar-refractivity contribution in [2.24, 2.45) is 0 Å². The van der Waals surface area contributed by atoms with Crippen molar-refractivity contribution in [1.29, 1.82) is 0 Å². The van der Waals surface area contributed by atoms with Crippen LogP contribution in [-0.2, 0) is 12.8 Å². The Kier molecular flexibility index (Phi) is 4.81. The zero-order valence-corrected chi connectivity index (χ0v) is 16.1. The molecular weight excluding hydrogens is 383 g/mol. The van der Waals surface area contributed by atoms with Gasteiger partial charge in [0.2, 0.25) is 0 Å². The van der Waals surface area contributed by atoms with Crippen LogP contribution < -0.4 is 9.47 Å². The summed E-state index contributed by atoms with van der Waals surface area (Å²) in [6.07, 6.45) is 1.32. The van der Waals surface area contributed by atoms with Gasteiger partial charge in [-0.25, -0.2) is 4.79 Å². The van der Waals surface area contributed by atoms with Gasteiger partial charge in [0.15, 0.2) is 0 Å². The number of aryl methyl sites for hydroxylation is 1. The van der Waals surface area contributed by atoms with Gasteiger partial charge in [-0.15, -0.1) is 0 Å². The third-order valence-corrected chi connectivity index (χ3v) is 4.98. The molecule has 27 heavy (non-hydrogen) atoms. The number of fused-ring (bicyclic) bond motifs is 2. The molecule has 0 radical (unpaired) electrons. The third-order valence-electron chi connectivity index (χ3n) is 4.55. The maximum Gasteiger partial charge on any atom is 0.344 e. The minimum absolute atomic E-state index is 0.314. The van der Waals surface area contributed by atoms with E-state index < -0.39 is 5.97 Å². The second-order valence-electron chi connectivity index (χ2n) is 6.31. The Balaban J connectivity index is 1.75. The molecule has 3 aromatic carbocycles. The van der Waals surface area contributed by atoms with Crippen molar-refractivity contribution < 1.29 is 14.3 Å². The number of carbonyl (C=O) groups excluding carboxylic acids is 1. The minimum atomic E-state index is -0.440. The molecule has 0 spiro atoms. The standard InChI is InChI=1S/C22H16Cl2O3/c1-2-13-7-8-20-18(9-14-5-3-4-6-19(14)27-20)21(13)22(25)26-17-11-15(23)10-16(24)12-17/h3-8,10-12H,2,9H2,1H3. The van der Waals surface area contributed by atoms with E-state index in [2.05, 4.69) is 0 Å². The number of rotatable bonds is 3. The highest BCUT2D eigenvalue weighted by atomic mass is 35.5. The van der Waals surface area contributed by atoms with Crippen LogP contribution in [0.2, 0.25) is 10.0 Å². The van der Waals surface area contributed by atoms with Crippen LogP contribution in [0.5, 0.6) is 17.2 Å². The molecule has 1 aliphatic heterocycles. The van der Waals surface area contributed by atoms with Crippen molar-refractivity contribution >= 4 is 29.2 Å². The van der Waals surface area contributed by atoms with Crippen LogP contribution in [0.15, 0.2) is 54.6 Å². The van der Waals surface area contributed by atoms with Crippen LogP contribution in [0.4, 0.5) is 0 Å². The number of hydrogen-bond acceptors (Lipinski definition) is 3. The quantitative estimate of drug-likeness (QED) is 0.293. The Labute approximate surface area is 167 Å². The normalized spacial score (nSPS) is 12.0. The largest absolute Gasteiger partial charge is 0.457 e. The lowest BCUT2D eigenvalue weighted by atomic mass is 9.91. The smallest absolute Gasteiger partial charge is 0.344 e. The van der Waals surface area contributed by atoms with E-state index in [0.29, 0.717) is 39.9 Å². The number of benzene rings is 3. The summed E-state index contributed by atoms with van der Waals surface area (Å²) >= 11 is 12.0. The first-order valence-corrected chi connectivity index (χ1v) is 9.39. The van der Waals surface area contributed by atoms with Crippen LogP contribution in [0.3, 0.4) is 0 Å². The van der Waals surface area contributed by atoms with Crippen molar-refractivity contribution in [2.75, 3.05) is 0 Å². The molecule has 1 heterocycles. The van der Waals surface area contributed by atoms with E-state index in [-0.39, 0.29) is 0 Å². The van der Waals surface area contributed by atoms with Crippen molar-refractivity contribution in [1.82, 2.24) is 0 Å². The SMILES string of the molecule is CCc1ccc2c(c1C(=O)Oc1cc(Cl)cc(Cl)c1)Cc1ccccc1O2. The fourth-order valence-corrected chi connectivity index (χ4v) is 3.81. The zero-order valence-electron chi connectivity index (χ0n) is 14.6. The fourth-order valence-electron chi connectivity index (χ4n) is 3.30. The maximum absolute atomic E-state index is 13.0. The molecule has 136 valence electrons. The average molecular weight is 399 g/mol. The van der Waals surface area contributed by atoms with E-state index in [1.807, 2.05) is 43.3 Å². The van der Waals surface area contributed by atoms with E-state index in [0.717, 1.165) is 22.4 Å². The lowest BCUT2D eigenvalue weighted by Gasteiger charge is -2.23. The molecule has 3 aromatic rings.